The Kier molecular flexibility index (Phi) is 5.61. The summed E-state index contributed by atoms with van der Waals surface area (Å²) < 4.78 is 17.4. The minimum absolute atomic E-state index is 0.0458. The lowest BCUT2D eigenvalue weighted by atomic mass is 9.98. The van der Waals surface area contributed by atoms with Crippen molar-refractivity contribution >= 4 is 33.3 Å². The van der Waals surface area contributed by atoms with Crippen molar-refractivity contribution in [2.75, 3.05) is 18.6 Å². The molecule has 0 spiro atoms. The van der Waals surface area contributed by atoms with Crippen LogP contribution in [-0.4, -0.2) is 24.6 Å². The maximum absolute atomic E-state index is 13.7. The zero-order chi connectivity index (χ0) is 24.0. The molecule has 0 fully saturated rings. The number of rotatable bonds is 6. The van der Waals surface area contributed by atoms with Gasteiger partial charge in [-0.25, -0.2) is 4.98 Å². The molecule has 3 heterocycles. The average molecular weight is 477 g/mol. The van der Waals surface area contributed by atoms with Gasteiger partial charge in [0.05, 0.1) is 36.4 Å². The summed E-state index contributed by atoms with van der Waals surface area (Å²) in [7, 11) is 1.57. The second-order valence-corrected chi connectivity index (χ2v) is 9.33. The largest absolute Gasteiger partial charge is 0.493 e. The Labute approximate surface area is 200 Å². The number of nitrogens with zero attached hydrogens (tertiary/aromatic N) is 2. The number of carbonyl (C=O) groups excluding carboxylic acids is 1. The van der Waals surface area contributed by atoms with Crippen molar-refractivity contribution in [3.8, 4) is 11.5 Å². The van der Waals surface area contributed by atoms with Gasteiger partial charge in [-0.1, -0.05) is 25.1 Å². The van der Waals surface area contributed by atoms with E-state index in [4.69, 9.17) is 13.9 Å². The molecule has 0 saturated heterocycles. The highest BCUT2D eigenvalue weighted by atomic mass is 32.1. The molecule has 7 nitrogen and oxygen atoms in total. The van der Waals surface area contributed by atoms with E-state index in [-0.39, 0.29) is 17.1 Å². The summed E-state index contributed by atoms with van der Waals surface area (Å²) in [4.78, 5) is 34.5. The number of carbonyl (C=O) groups is 1. The van der Waals surface area contributed by atoms with Crippen molar-refractivity contribution < 1.29 is 18.7 Å². The summed E-state index contributed by atoms with van der Waals surface area (Å²) in [6.45, 7) is 6.44. The molecule has 1 aliphatic heterocycles. The number of aryl methyl sites for hydroxylation is 2. The summed E-state index contributed by atoms with van der Waals surface area (Å²) in [6, 6.07) is 11.7. The predicted octanol–water partition coefficient (Wildman–Crippen LogP) is 5.41. The molecule has 0 aliphatic carbocycles. The SMILES string of the molecule is CCCOc1ccc([C@H]2c3c(oc4ccccc4c3=O)C(=O)N2c2nc(C)c(C)s2)cc1OC. The average Bonchev–Trinajstić information content (AvgIpc) is 3.33. The Balaban J connectivity index is 1.75. The van der Waals surface area contributed by atoms with Crippen molar-refractivity contribution in [1.29, 1.82) is 0 Å². The highest BCUT2D eigenvalue weighted by Crippen LogP contribution is 2.44. The molecular formula is C26H24N2O5S. The molecule has 2 aromatic heterocycles. The first-order valence-corrected chi connectivity index (χ1v) is 11.9. The molecule has 0 unspecified atom stereocenters. The van der Waals surface area contributed by atoms with E-state index in [9.17, 15) is 9.59 Å². The molecule has 1 atom stereocenters. The van der Waals surface area contributed by atoms with E-state index in [0.29, 0.717) is 45.3 Å². The molecule has 1 amide bonds. The monoisotopic (exact) mass is 476 g/mol. The van der Waals surface area contributed by atoms with Crippen LogP contribution < -0.4 is 19.8 Å². The third-order valence-electron chi connectivity index (χ3n) is 5.97. The third-order valence-corrected chi connectivity index (χ3v) is 7.04. The van der Waals surface area contributed by atoms with E-state index in [1.54, 1.807) is 36.3 Å². The number of para-hydroxylation sites is 1. The fraction of sp³-hybridized carbons (Fsp3) is 0.269. The molecule has 0 N–H and O–H groups in total. The Hall–Kier alpha value is -3.65. The van der Waals surface area contributed by atoms with Crippen LogP contribution in [-0.2, 0) is 0 Å². The number of methoxy groups -OCH3 is 1. The minimum Gasteiger partial charge on any atom is -0.493 e. The summed E-state index contributed by atoms with van der Waals surface area (Å²) >= 11 is 1.41. The van der Waals surface area contributed by atoms with Gasteiger partial charge in [-0.15, -0.1) is 11.3 Å². The first-order valence-electron chi connectivity index (χ1n) is 11.1. The maximum atomic E-state index is 13.7. The number of hydrogen-bond acceptors (Lipinski definition) is 7. The molecule has 34 heavy (non-hydrogen) atoms. The number of anilines is 1. The molecule has 1 aliphatic rings. The topological polar surface area (TPSA) is 81.9 Å². The van der Waals surface area contributed by atoms with Crippen LogP contribution in [0.25, 0.3) is 11.0 Å². The van der Waals surface area contributed by atoms with E-state index in [2.05, 4.69) is 4.98 Å². The highest BCUT2D eigenvalue weighted by molar-refractivity contribution is 7.15. The fourth-order valence-corrected chi connectivity index (χ4v) is 5.11. The summed E-state index contributed by atoms with van der Waals surface area (Å²) in [5.74, 6) is 0.797. The zero-order valence-electron chi connectivity index (χ0n) is 19.4. The van der Waals surface area contributed by atoms with Gasteiger partial charge in [0.25, 0.3) is 5.91 Å². The highest BCUT2D eigenvalue weighted by Gasteiger charge is 2.45. The van der Waals surface area contributed by atoms with Crippen molar-refractivity contribution in [3.63, 3.8) is 0 Å². The number of ether oxygens (including phenoxy) is 2. The van der Waals surface area contributed by atoms with Crippen LogP contribution in [0.1, 0.15) is 51.6 Å². The van der Waals surface area contributed by atoms with Gasteiger partial charge in [0, 0.05) is 4.88 Å². The van der Waals surface area contributed by atoms with Crippen LogP contribution >= 0.6 is 11.3 Å². The lowest BCUT2D eigenvalue weighted by Crippen LogP contribution is -2.29. The lowest BCUT2D eigenvalue weighted by molar-refractivity contribution is 0.0971. The normalized spacial score (nSPS) is 15.1. The molecule has 0 saturated carbocycles. The number of hydrogen-bond donors (Lipinski definition) is 0. The second kappa shape index (κ2) is 8.61. The number of amides is 1. The number of aromatic nitrogens is 1. The first-order chi connectivity index (χ1) is 16.4. The van der Waals surface area contributed by atoms with Gasteiger partial charge in [0.1, 0.15) is 5.58 Å². The van der Waals surface area contributed by atoms with Crippen LogP contribution in [0.5, 0.6) is 11.5 Å². The lowest BCUT2D eigenvalue weighted by Gasteiger charge is -2.23. The van der Waals surface area contributed by atoms with Crippen molar-refractivity contribution in [1.82, 2.24) is 4.98 Å². The van der Waals surface area contributed by atoms with Gasteiger partial charge < -0.3 is 13.9 Å². The van der Waals surface area contributed by atoms with Crippen LogP contribution in [0.4, 0.5) is 5.13 Å². The van der Waals surface area contributed by atoms with Crippen LogP contribution in [0.2, 0.25) is 0 Å². The molecular weight excluding hydrogens is 452 g/mol. The van der Waals surface area contributed by atoms with Gasteiger partial charge in [0.15, 0.2) is 22.1 Å². The van der Waals surface area contributed by atoms with Gasteiger partial charge in [0.2, 0.25) is 5.76 Å². The van der Waals surface area contributed by atoms with Crippen molar-refractivity contribution in [2.45, 2.75) is 33.2 Å². The molecule has 4 aromatic rings. The molecule has 0 radical (unpaired) electrons. The van der Waals surface area contributed by atoms with Gasteiger partial charge >= 0.3 is 0 Å². The van der Waals surface area contributed by atoms with Crippen molar-refractivity contribution in [2.24, 2.45) is 0 Å². The maximum Gasteiger partial charge on any atom is 0.297 e. The quantitative estimate of drug-likeness (QED) is 0.370. The number of benzene rings is 2. The summed E-state index contributed by atoms with van der Waals surface area (Å²) in [6.07, 6.45) is 0.861. The summed E-state index contributed by atoms with van der Waals surface area (Å²) in [5.41, 5.74) is 2.01. The molecule has 174 valence electrons. The minimum atomic E-state index is -0.706. The smallest absolute Gasteiger partial charge is 0.297 e. The number of thiazole rings is 1. The van der Waals surface area contributed by atoms with E-state index >= 15 is 0 Å². The standard InChI is InChI=1S/C26H24N2O5S/c1-5-12-32-19-11-10-16(13-20(19)31-4)22-21-23(29)17-8-6-7-9-18(17)33-24(21)25(30)28(22)26-27-14(2)15(3)34-26/h6-11,13,22H,5,12H2,1-4H3/t22-/m0/s1. The Morgan fingerprint density at radius 3 is 2.62 bits per heavy atom. The first kappa shape index (κ1) is 22.2. The summed E-state index contributed by atoms with van der Waals surface area (Å²) in [5, 5.41) is 0.951. The van der Waals surface area contributed by atoms with E-state index < -0.39 is 6.04 Å². The van der Waals surface area contributed by atoms with Gasteiger partial charge in [-0.3, -0.25) is 14.5 Å². The Bertz CT molecular complexity index is 1450. The van der Waals surface area contributed by atoms with Crippen LogP contribution in [0.3, 0.4) is 0 Å². The predicted molar refractivity (Wildman–Crippen MR) is 132 cm³/mol. The van der Waals surface area contributed by atoms with Crippen molar-refractivity contribution in [3.05, 3.63) is 80.1 Å². The second-order valence-electron chi connectivity index (χ2n) is 8.14. The van der Waals surface area contributed by atoms with Gasteiger partial charge in [-0.2, -0.15) is 0 Å². The zero-order valence-corrected chi connectivity index (χ0v) is 20.2. The molecule has 0 bridgehead atoms. The number of fused-ring (bicyclic) bond motifs is 2. The third kappa shape index (κ3) is 3.45. The van der Waals surface area contributed by atoms with Gasteiger partial charge in [-0.05, 0) is 50.1 Å². The molecule has 5 rings (SSSR count). The Morgan fingerprint density at radius 1 is 1.12 bits per heavy atom. The fourth-order valence-electron chi connectivity index (χ4n) is 4.18. The van der Waals surface area contributed by atoms with Crippen LogP contribution in [0, 0.1) is 13.8 Å². The van der Waals surface area contributed by atoms with Crippen LogP contribution in [0.15, 0.2) is 51.7 Å². The van der Waals surface area contributed by atoms with E-state index in [0.717, 1.165) is 17.0 Å². The Morgan fingerprint density at radius 2 is 1.91 bits per heavy atom. The van der Waals surface area contributed by atoms with E-state index in [1.165, 1.54) is 11.3 Å². The molecule has 2 aromatic carbocycles. The van der Waals surface area contributed by atoms with E-state index in [1.807, 2.05) is 39.0 Å². The molecule has 8 heteroatoms.